The lowest BCUT2D eigenvalue weighted by Crippen LogP contribution is -2.06. The summed E-state index contributed by atoms with van der Waals surface area (Å²) in [6.07, 6.45) is 6.56. The second-order valence-electron chi connectivity index (χ2n) is 3.02. The molecule has 2 aliphatic rings. The summed E-state index contributed by atoms with van der Waals surface area (Å²) >= 11 is 0. The van der Waals surface area contributed by atoms with Crippen LogP contribution in [0.15, 0.2) is 33.5 Å². The Labute approximate surface area is 80.7 Å². The minimum Gasteiger partial charge on any atom is -0.294 e. The number of ketones is 2. The minimum atomic E-state index is -0.0101. The van der Waals surface area contributed by atoms with Gasteiger partial charge in [0.25, 0.3) is 0 Å². The maximum absolute atomic E-state index is 11.1. The summed E-state index contributed by atoms with van der Waals surface area (Å²) in [5, 5.41) is 0. The zero-order valence-corrected chi connectivity index (χ0v) is 7.43. The molecule has 0 N–H and O–H groups in total. The molecule has 4 nitrogen and oxygen atoms in total. The van der Waals surface area contributed by atoms with Crippen LogP contribution >= 0.6 is 0 Å². The molecule has 0 fully saturated rings. The van der Waals surface area contributed by atoms with E-state index < -0.39 is 0 Å². The molecule has 14 heavy (non-hydrogen) atoms. The van der Waals surface area contributed by atoms with Crippen LogP contribution in [0, 0.1) is 0 Å². The van der Waals surface area contributed by atoms with Crippen LogP contribution in [0.1, 0.15) is 12.8 Å². The maximum Gasteiger partial charge on any atom is 0.163 e. The van der Waals surface area contributed by atoms with Crippen molar-refractivity contribution in [2.75, 3.05) is 0 Å². The third kappa shape index (κ3) is 1.74. The summed E-state index contributed by atoms with van der Waals surface area (Å²) in [5.74, 6) is -0.0201. The fourth-order valence-electron chi connectivity index (χ4n) is 1.25. The summed E-state index contributed by atoms with van der Waals surface area (Å²) in [7, 11) is 0. The van der Waals surface area contributed by atoms with Gasteiger partial charge in [0, 0.05) is 37.4 Å². The standard InChI is InChI=1S/C10H8N2O2/c13-7-1-3-11-9(5-7)10-6-8(14)2-4-12-10/h3-6H,1-2H2. The van der Waals surface area contributed by atoms with Crippen LogP contribution in [0.3, 0.4) is 0 Å². The highest BCUT2D eigenvalue weighted by molar-refractivity contribution is 6.05. The molecule has 0 radical (unpaired) electrons. The van der Waals surface area contributed by atoms with Crippen LogP contribution in [0.25, 0.3) is 0 Å². The van der Waals surface area contributed by atoms with Crippen LogP contribution in [0.4, 0.5) is 0 Å². The lowest BCUT2D eigenvalue weighted by Gasteiger charge is -2.08. The molecule has 0 unspecified atom stereocenters. The van der Waals surface area contributed by atoms with E-state index in [1.54, 1.807) is 0 Å². The summed E-state index contributed by atoms with van der Waals surface area (Å²) < 4.78 is 0. The number of allylic oxidation sites excluding steroid dienone is 2. The van der Waals surface area contributed by atoms with E-state index in [4.69, 9.17) is 0 Å². The van der Waals surface area contributed by atoms with Gasteiger partial charge >= 0.3 is 0 Å². The third-order valence-corrected chi connectivity index (χ3v) is 1.90. The van der Waals surface area contributed by atoms with Crippen LogP contribution in [-0.2, 0) is 9.59 Å². The van der Waals surface area contributed by atoms with Crippen molar-refractivity contribution in [3.05, 3.63) is 23.5 Å². The summed E-state index contributed by atoms with van der Waals surface area (Å²) in [5.41, 5.74) is 0.955. The minimum absolute atomic E-state index is 0.0101. The molecule has 0 aliphatic carbocycles. The number of hydrogen-bond acceptors (Lipinski definition) is 4. The lowest BCUT2D eigenvalue weighted by atomic mass is 10.1. The first-order valence-corrected chi connectivity index (χ1v) is 4.30. The Kier molecular flexibility index (Phi) is 2.18. The highest BCUT2D eigenvalue weighted by atomic mass is 16.1. The SMILES string of the molecule is O=C1C=C(C2=CC(=O)CC=N2)N=CC1. The number of carbonyl (C=O) groups excluding carboxylic acids is 2. The molecule has 70 valence electrons. The molecule has 4 heteroatoms. The number of nitrogens with zero attached hydrogens (tertiary/aromatic N) is 2. The van der Waals surface area contributed by atoms with E-state index in [1.807, 2.05) is 0 Å². The summed E-state index contributed by atoms with van der Waals surface area (Å²) in [6.45, 7) is 0. The zero-order chi connectivity index (χ0) is 9.97. The molecule has 2 rings (SSSR count). The van der Waals surface area contributed by atoms with Crippen LogP contribution < -0.4 is 0 Å². The average Bonchev–Trinajstić information content (AvgIpc) is 2.18. The zero-order valence-electron chi connectivity index (χ0n) is 7.43. The Hall–Kier alpha value is -1.84. The van der Waals surface area contributed by atoms with Gasteiger partial charge in [-0.05, 0) is 0 Å². The van der Waals surface area contributed by atoms with E-state index in [1.165, 1.54) is 24.6 Å². The van der Waals surface area contributed by atoms with E-state index in [9.17, 15) is 9.59 Å². The second-order valence-corrected chi connectivity index (χ2v) is 3.02. The molecule has 0 aromatic carbocycles. The highest BCUT2D eigenvalue weighted by Gasteiger charge is 2.13. The molecule has 0 aromatic heterocycles. The Morgan fingerprint density at radius 2 is 1.29 bits per heavy atom. The first-order chi connectivity index (χ1) is 6.75. The van der Waals surface area contributed by atoms with Gasteiger partial charge in [0.05, 0.1) is 11.4 Å². The molecule has 2 heterocycles. The Morgan fingerprint density at radius 1 is 0.857 bits per heavy atom. The first kappa shape index (κ1) is 8.74. The summed E-state index contributed by atoms with van der Waals surface area (Å²) in [6, 6.07) is 0. The van der Waals surface area contributed by atoms with Gasteiger partial charge in [-0.1, -0.05) is 0 Å². The van der Waals surface area contributed by atoms with Crippen LogP contribution in [0.2, 0.25) is 0 Å². The Bertz CT molecular complexity index is 374. The molecule has 0 atom stereocenters. The van der Waals surface area contributed by atoms with Gasteiger partial charge in [-0.15, -0.1) is 0 Å². The van der Waals surface area contributed by atoms with Gasteiger partial charge in [0.2, 0.25) is 0 Å². The van der Waals surface area contributed by atoms with Gasteiger partial charge < -0.3 is 0 Å². The molecule has 0 saturated carbocycles. The smallest absolute Gasteiger partial charge is 0.163 e. The summed E-state index contributed by atoms with van der Waals surface area (Å²) in [4.78, 5) is 30.2. The van der Waals surface area contributed by atoms with Crippen molar-refractivity contribution in [2.24, 2.45) is 9.98 Å². The van der Waals surface area contributed by atoms with Crippen molar-refractivity contribution in [1.29, 1.82) is 0 Å². The fraction of sp³-hybridized carbons (Fsp3) is 0.200. The predicted molar refractivity (Wildman–Crippen MR) is 52.4 cm³/mol. The van der Waals surface area contributed by atoms with Gasteiger partial charge in [-0.2, -0.15) is 0 Å². The van der Waals surface area contributed by atoms with E-state index in [0.717, 1.165) is 0 Å². The molecular weight excluding hydrogens is 180 g/mol. The van der Waals surface area contributed by atoms with E-state index in [0.29, 0.717) is 24.2 Å². The molecule has 2 aliphatic heterocycles. The third-order valence-electron chi connectivity index (χ3n) is 1.90. The van der Waals surface area contributed by atoms with Gasteiger partial charge in [-0.25, -0.2) is 0 Å². The number of rotatable bonds is 1. The number of carbonyl (C=O) groups is 2. The van der Waals surface area contributed by atoms with Crippen molar-refractivity contribution in [1.82, 2.24) is 0 Å². The van der Waals surface area contributed by atoms with E-state index >= 15 is 0 Å². The quantitative estimate of drug-likeness (QED) is 0.612. The topological polar surface area (TPSA) is 58.9 Å². The van der Waals surface area contributed by atoms with Gasteiger partial charge in [-0.3, -0.25) is 19.6 Å². The molecular formula is C10H8N2O2. The maximum atomic E-state index is 11.1. The fourth-order valence-corrected chi connectivity index (χ4v) is 1.25. The largest absolute Gasteiger partial charge is 0.294 e. The number of hydrogen-bond donors (Lipinski definition) is 0. The highest BCUT2D eigenvalue weighted by Crippen LogP contribution is 2.18. The van der Waals surface area contributed by atoms with Gasteiger partial charge in [0.15, 0.2) is 11.6 Å². The van der Waals surface area contributed by atoms with Crippen LogP contribution in [-0.4, -0.2) is 24.0 Å². The van der Waals surface area contributed by atoms with Crippen molar-refractivity contribution in [3.63, 3.8) is 0 Å². The van der Waals surface area contributed by atoms with E-state index in [2.05, 4.69) is 9.98 Å². The van der Waals surface area contributed by atoms with E-state index in [-0.39, 0.29) is 11.6 Å². The monoisotopic (exact) mass is 188 g/mol. The molecule has 0 aromatic rings. The molecule has 0 amide bonds. The molecule has 0 saturated heterocycles. The van der Waals surface area contributed by atoms with Crippen LogP contribution in [0.5, 0.6) is 0 Å². The Balaban J connectivity index is 2.31. The van der Waals surface area contributed by atoms with Crippen molar-refractivity contribution < 1.29 is 9.59 Å². The normalized spacial score (nSPS) is 20.9. The first-order valence-electron chi connectivity index (χ1n) is 4.30. The van der Waals surface area contributed by atoms with Gasteiger partial charge in [0.1, 0.15) is 0 Å². The average molecular weight is 188 g/mol. The molecule has 0 spiro atoms. The number of aliphatic imine (C=N–C) groups is 2. The van der Waals surface area contributed by atoms with Crippen molar-refractivity contribution in [2.45, 2.75) is 12.8 Å². The van der Waals surface area contributed by atoms with Crippen molar-refractivity contribution in [3.8, 4) is 0 Å². The molecule has 0 bridgehead atoms. The lowest BCUT2D eigenvalue weighted by molar-refractivity contribution is -0.114. The van der Waals surface area contributed by atoms with Crippen molar-refractivity contribution >= 4 is 24.0 Å². The second kappa shape index (κ2) is 3.49. The predicted octanol–water partition coefficient (Wildman–Crippen LogP) is 0.841. The Morgan fingerprint density at radius 3 is 1.64 bits per heavy atom.